The lowest BCUT2D eigenvalue weighted by Gasteiger charge is -2.11. The lowest BCUT2D eigenvalue weighted by molar-refractivity contribution is 0.178. The fraction of sp³-hybridized carbons (Fsp3) is 0.143. The van der Waals surface area contributed by atoms with Gasteiger partial charge in [0.25, 0.3) is 0 Å². The van der Waals surface area contributed by atoms with Gasteiger partial charge in [0, 0.05) is 15.9 Å². The zero-order valence-corrected chi connectivity index (χ0v) is 11.4. The molecule has 0 saturated heterocycles. The SMILES string of the molecule is OC(Cc1cccc(Cl)c1)c1ccc(Br)cc1. The summed E-state index contributed by atoms with van der Waals surface area (Å²) in [4.78, 5) is 0. The molecule has 1 N–H and O–H groups in total. The molecule has 0 fully saturated rings. The van der Waals surface area contributed by atoms with Crippen LogP contribution in [0.2, 0.25) is 5.02 Å². The summed E-state index contributed by atoms with van der Waals surface area (Å²) in [7, 11) is 0. The van der Waals surface area contributed by atoms with E-state index < -0.39 is 6.10 Å². The first kappa shape index (κ1) is 12.6. The number of aliphatic hydroxyl groups excluding tert-OH is 1. The van der Waals surface area contributed by atoms with E-state index in [0.29, 0.717) is 11.4 Å². The first-order valence-corrected chi connectivity index (χ1v) is 6.50. The molecule has 17 heavy (non-hydrogen) atoms. The molecule has 0 radical (unpaired) electrons. The van der Waals surface area contributed by atoms with Gasteiger partial charge in [0.15, 0.2) is 0 Å². The van der Waals surface area contributed by atoms with Gasteiger partial charge >= 0.3 is 0 Å². The fourth-order valence-corrected chi connectivity index (χ4v) is 2.17. The number of hydrogen-bond acceptors (Lipinski definition) is 1. The zero-order valence-electron chi connectivity index (χ0n) is 9.11. The van der Waals surface area contributed by atoms with Gasteiger partial charge in [0.05, 0.1) is 6.10 Å². The van der Waals surface area contributed by atoms with Gasteiger partial charge in [-0.3, -0.25) is 0 Å². The fourth-order valence-electron chi connectivity index (χ4n) is 1.69. The number of hydrogen-bond donors (Lipinski definition) is 1. The van der Waals surface area contributed by atoms with Crippen LogP contribution in [0.5, 0.6) is 0 Å². The summed E-state index contributed by atoms with van der Waals surface area (Å²) in [6.07, 6.45) is 0.0731. The van der Waals surface area contributed by atoms with E-state index in [1.165, 1.54) is 0 Å². The summed E-state index contributed by atoms with van der Waals surface area (Å²) in [5.41, 5.74) is 1.95. The van der Waals surface area contributed by atoms with Crippen LogP contribution in [0, 0.1) is 0 Å². The minimum atomic E-state index is -0.499. The zero-order chi connectivity index (χ0) is 12.3. The Morgan fingerprint density at radius 3 is 2.47 bits per heavy atom. The van der Waals surface area contributed by atoms with Crippen molar-refractivity contribution in [1.29, 1.82) is 0 Å². The molecule has 0 amide bonds. The van der Waals surface area contributed by atoms with Crippen molar-refractivity contribution >= 4 is 27.5 Å². The summed E-state index contributed by atoms with van der Waals surface area (Å²) >= 11 is 9.28. The highest BCUT2D eigenvalue weighted by atomic mass is 79.9. The maximum Gasteiger partial charge on any atom is 0.0830 e. The largest absolute Gasteiger partial charge is 0.388 e. The predicted molar refractivity (Wildman–Crippen MR) is 74.3 cm³/mol. The molecule has 0 aliphatic rings. The highest BCUT2D eigenvalue weighted by Gasteiger charge is 2.08. The van der Waals surface area contributed by atoms with E-state index in [-0.39, 0.29) is 0 Å². The van der Waals surface area contributed by atoms with Crippen LogP contribution in [-0.2, 0) is 6.42 Å². The Bertz CT molecular complexity index is 496. The third-order valence-corrected chi connectivity index (χ3v) is 3.34. The van der Waals surface area contributed by atoms with Crippen LogP contribution in [0.3, 0.4) is 0 Å². The molecular formula is C14H12BrClO. The van der Waals surface area contributed by atoms with Gasteiger partial charge in [-0.2, -0.15) is 0 Å². The molecule has 3 heteroatoms. The Labute approximate surface area is 114 Å². The van der Waals surface area contributed by atoms with Gasteiger partial charge < -0.3 is 5.11 Å². The van der Waals surface area contributed by atoms with Crippen molar-refractivity contribution in [2.75, 3.05) is 0 Å². The molecular weight excluding hydrogens is 300 g/mol. The second-order valence-corrected chi connectivity index (χ2v) is 5.25. The van der Waals surface area contributed by atoms with Crippen molar-refractivity contribution in [2.45, 2.75) is 12.5 Å². The number of rotatable bonds is 3. The second kappa shape index (κ2) is 5.67. The van der Waals surface area contributed by atoms with Crippen LogP contribution < -0.4 is 0 Å². The van der Waals surface area contributed by atoms with E-state index in [0.717, 1.165) is 15.6 Å². The average molecular weight is 312 g/mol. The minimum absolute atomic E-state index is 0.499. The van der Waals surface area contributed by atoms with E-state index in [1.54, 1.807) is 0 Å². The molecule has 0 bridgehead atoms. The van der Waals surface area contributed by atoms with Gasteiger partial charge in [0.2, 0.25) is 0 Å². The van der Waals surface area contributed by atoms with Gasteiger partial charge in [0.1, 0.15) is 0 Å². The lowest BCUT2D eigenvalue weighted by Crippen LogP contribution is -2.01. The molecule has 88 valence electrons. The van der Waals surface area contributed by atoms with Gasteiger partial charge in [-0.15, -0.1) is 0 Å². The van der Waals surface area contributed by atoms with Crippen molar-refractivity contribution in [1.82, 2.24) is 0 Å². The average Bonchev–Trinajstić information content (AvgIpc) is 2.29. The van der Waals surface area contributed by atoms with Crippen LogP contribution in [0.15, 0.2) is 53.0 Å². The van der Waals surface area contributed by atoms with E-state index >= 15 is 0 Å². The number of aliphatic hydroxyl groups is 1. The molecule has 1 atom stereocenters. The van der Waals surface area contributed by atoms with Crippen molar-refractivity contribution in [3.05, 3.63) is 69.2 Å². The Hall–Kier alpha value is -0.830. The normalized spacial score (nSPS) is 12.4. The van der Waals surface area contributed by atoms with Crippen molar-refractivity contribution < 1.29 is 5.11 Å². The highest BCUT2D eigenvalue weighted by Crippen LogP contribution is 2.21. The minimum Gasteiger partial charge on any atom is -0.388 e. The molecule has 1 unspecified atom stereocenters. The van der Waals surface area contributed by atoms with Crippen molar-refractivity contribution in [3.63, 3.8) is 0 Å². The molecule has 2 rings (SSSR count). The third-order valence-electron chi connectivity index (χ3n) is 2.57. The van der Waals surface area contributed by atoms with Crippen LogP contribution >= 0.6 is 27.5 Å². The van der Waals surface area contributed by atoms with Gasteiger partial charge in [-0.25, -0.2) is 0 Å². The number of benzene rings is 2. The first-order chi connectivity index (χ1) is 8.15. The Kier molecular flexibility index (Phi) is 4.21. The Balaban J connectivity index is 2.11. The molecule has 0 aliphatic heterocycles. The molecule has 1 nitrogen and oxygen atoms in total. The summed E-state index contributed by atoms with van der Waals surface area (Å²) in [6.45, 7) is 0. The Morgan fingerprint density at radius 1 is 1.12 bits per heavy atom. The second-order valence-electron chi connectivity index (χ2n) is 3.90. The molecule has 0 aromatic heterocycles. The molecule has 0 heterocycles. The standard InChI is InChI=1S/C14H12BrClO/c15-12-6-4-11(5-7-12)14(17)9-10-2-1-3-13(16)8-10/h1-8,14,17H,9H2. The molecule has 2 aromatic rings. The smallest absolute Gasteiger partial charge is 0.0830 e. The molecule has 0 saturated carbocycles. The Morgan fingerprint density at radius 2 is 1.82 bits per heavy atom. The molecule has 0 aliphatic carbocycles. The van der Waals surface area contributed by atoms with Crippen molar-refractivity contribution in [2.24, 2.45) is 0 Å². The van der Waals surface area contributed by atoms with E-state index in [9.17, 15) is 5.11 Å². The third kappa shape index (κ3) is 3.56. The number of halogens is 2. The molecule has 0 spiro atoms. The van der Waals surface area contributed by atoms with Crippen LogP contribution in [0.4, 0.5) is 0 Å². The lowest BCUT2D eigenvalue weighted by atomic mass is 10.0. The monoisotopic (exact) mass is 310 g/mol. The van der Waals surface area contributed by atoms with Gasteiger partial charge in [-0.05, 0) is 35.4 Å². The summed E-state index contributed by atoms with van der Waals surface area (Å²) in [5, 5.41) is 10.8. The van der Waals surface area contributed by atoms with E-state index in [1.807, 2.05) is 48.5 Å². The topological polar surface area (TPSA) is 20.2 Å². The van der Waals surface area contributed by atoms with Crippen LogP contribution in [-0.4, -0.2) is 5.11 Å². The predicted octanol–water partition coefficient (Wildman–Crippen LogP) is 4.38. The quantitative estimate of drug-likeness (QED) is 0.892. The first-order valence-electron chi connectivity index (χ1n) is 5.33. The van der Waals surface area contributed by atoms with Gasteiger partial charge in [-0.1, -0.05) is 51.8 Å². The van der Waals surface area contributed by atoms with Crippen molar-refractivity contribution in [3.8, 4) is 0 Å². The summed E-state index contributed by atoms with van der Waals surface area (Å²) in [6, 6.07) is 15.3. The summed E-state index contributed by atoms with van der Waals surface area (Å²) in [5.74, 6) is 0. The van der Waals surface area contributed by atoms with E-state index in [4.69, 9.17) is 11.6 Å². The van der Waals surface area contributed by atoms with E-state index in [2.05, 4.69) is 15.9 Å². The maximum absolute atomic E-state index is 10.1. The highest BCUT2D eigenvalue weighted by molar-refractivity contribution is 9.10. The summed E-state index contributed by atoms with van der Waals surface area (Å²) < 4.78 is 1.01. The molecule has 2 aromatic carbocycles. The van der Waals surface area contributed by atoms with Crippen LogP contribution in [0.25, 0.3) is 0 Å². The van der Waals surface area contributed by atoms with Crippen LogP contribution in [0.1, 0.15) is 17.2 Å². The maximum atomic E-state index is 10.1.